The van der Waals surface area contributed by atoms with Gasteiger partial charge in [0.05, 0.1) is 24.1 Å². The lowest BCUT2D eigenvalue weighted by atomic mass is 10.1. The van der Waals surface area contributed by atoms with Gasteiger partial charge in [0, 0.05) is 38.6 Å². The van der Waals surface area contributed by atoms with Crippen molar-refractivity contribution in [2.24, 2.45) is 0 Å². The lowest BCUT2D eigenvalue weighted by molar-refractivity contribution is 0.0471. The van der Waals surface area contributed by atoms with E-state index in [9.17, 15) is 9.90 Å². The molecule has 2 saturated heterocycles. The molecule has 8 heteroatoms. The molecule has 5 heterocycles. The molecule has 2 atom stereocenters. The first-order valence-corrected chi connectivity index (χ1v) is 10.3. The fourth-order valence-corrected chi connectivity index (χ4v) is 4.26. The molecule has 2 fully saturated rings. The summed E-state index contributed by atoms with van der Waals surface area (Å²) in [7, 11) is 0. The molecule has 29 heavy (non-hydrogen) atoms. The second-order valence-corrected chi connectivity index (χ2v) is 7.88. The Labute approximate surface area is 168 Å². The van der Waals surface area contributed by atoms with Gasteiger partial charge in [-0.25, -0.2) is 9.97 Å². The summed E-state index contributed by atoms with van der Waals surface area (Å²) < 4.78 is 9.65. The minimum Gasteiger partial charge on any atom is -0.391 e. The topological polar surface area (TPSA) is 84.9 Å². The summed E-state index contributed by atoms with van der Waals surface area (Å²) in [6, 6.07) is 5.71. The third-order valence-electron chi connectivity index (χ3n) is 5.74. The number of piperidine rings is 1. The number of imidazole rings is 2. The number of rotatable bonds is 4. The molecule has 0 radical (unpaired) electrons. The van der Waals surface area contributed by atoms with E-state index >= 15 is 0 Å². The van der Waals surface area contributed by atoms with E-state index in [0.717, 1.165) is 50.0 Å². The fourth-order valence-electron chi connectivity index (χ4n) is 4.26. The second kappa shape index (κ2) is 7.61. The molecule has 2 aliphatic heterocycles. The van der Waals surface area contributed by atoms with Crippen LogP contribution >= 0.6 is 0 Å². The number of fused-ring (bicyclic) bond motifs is 1. The van der Waals surface area contributed by atoms with E-state index in [-0.39, 0.29) is 12.0 Å². The highest BCUT2D eigenvalue weighted by atomic mass is 16.5. The van der Waals surface area contributed by atoms with E-state index in [2.05, 4.69) is 9.97 Å². The van der Waals surface area contributed by atoms with E-state index in [1.54, 1.807) is 11.2 Å². The number of likely N-dealkylation sites (tertiary alicyclic amines) is 1. The molecular weight excluding hydrogens is 370 g/mol. The molecule has 3 aromatic rings. The van der Waals surface area contributed by atoms with Gasteiger partial charge in [-0.1, -0.05) is 6.07 Å². The Morgan fingerprint density at radius 1 is 1.28 bits per heavy atom. The predicted molar refractivity (Wildman–Crippen MR) is 107 cm³/mol. The number of pyridine rings is 1. The normalized spacial score (nSPS) is 22.4. The zero-order valence-electron chi connectivity index (χ0n) is 16.3. The number of hydrogen-bond donors (Lipinski definition) is 1. The molecule has 1 N–H and O–H groups in total. The number of aromatic nitrogens is 4. The number of hydrogen-bond acceptors (Lipinski definition) is 5. The second-order valence-electron chi connectivity index (χ2n) is 7.88. The first kappa shape index (κ1) is 18.3. The summed E-state index contributed by atoms with van der Waals surface area (Å²) >= 11 is 0. The zero-order chi connectivity index (χ0) is 19.8. The minimum absolute atomic E-state index is 0.141. The van der Waals surface area contributed by atoms with E-state index < -0.39 is 6.10 Å². The largest absolute Gasteiger partial charge is 0.391 e. The van der Waals surface area contributed by atoms with Crippen LogP contribution in [0.3, 0.4) is 0 Å². The van der Waals surface area contributed by atoms with Gasteiger partial charge in [-0.2, -0.15) is 0 Å². The van der Waals surface area contributed by atoms with Gasteiger partial charge in [0.15, 0.2) is 11.5 Å². The molecule has 0 bridgehead atoms. The van der Waals surface area contributed by atoms with Crippen molar-refractivity contribution < 1.29 is 14.6 Å². The average Bonchev–Trinajstić information content (AvgIpc) is 3.47. The van der Waals surface area contributed by atoms with Crippen LogP contribution in [0.25, 0.3) is 17.0 Å². The molecule has 0 spiro atoms. The highest BCUT2D eigenvalue weighted by molar-refractivity contribution is 6.00. The van der Waals surface area contributed by atoms with Crippen molar-refractivity contribution in [2.45, 2.75) is 44.4 Å². The molecular formula is C21H25N5O3. The molecule has 0 aliphatic carbocycles. The molecule has 152 valence electrons. The van der Waals surface area contributed by atoms with Crippen LogP contribution < -0.4 is 0 Å². The molecule has 2 aliphatic rings. The maximum atomic E-state index is 13.1. The van der Waals surface area contributed by atoms with E-state index in [4.69, 9.17) is 4.74 Å². The number of aliphatic hydroxyl groups excluding tert-OH is 1. The van der Waals surface area contributed by atoms with Crippen molar-refractivity contribution in [1.29, 1.82) is 0 Å². The van der Waals surface area contributed by atoms with E-state index in [1.807, 2.05) is 39.6 Å². The molecule has 0 saturated carbocycles. The third kappa shape index (κ3) is 3.54. The third-order valence-corrected chi connectivity index (χ3v) is 5.74. The van der Waals surface area contributed by atoms with Crippen LogP contribution in [0.15, 0.2) is 36.9 Å². The summed E-state index contributed by atoms with van der Waals surface area (Å²) in [6.07, 6.45) is 9.14. The van der Waals surface area contributed by atoms with Gasteiger partial charge in [0.25, 0.3) is 5.91 Å². The molecule has 5 rings (SSSR count). The summed E-state index contributed by atoms with van der Waals surface area (Å²) in [5.74, 6) is 0.505. The van der Waals surface area contributed by atoms with Crippen LogP contribution in [-0.2, 0) is 11.3 Å². The first-order valence-electron chi connectivity index (χ1n) is 10.3. The van der Waals surface area contributed by atoms with Crippen molar-refractivity contribution in [2.75, 3.05) is 19.7 Å². The Kier molecular flexibility index (Phi) is 4.81. The maximum Gasteiger partial charge on any atom is 0.274 e. The maximum absolute atomic E-state index is 13.1. The van der Waals surface area contributed by atoms with Gasteiger partial charge in [-0.3, -0.25) is 9.20 Å². The number of amides is 1. The van der Waals surface area contributed by atoms with Crippen LogP contribution in [0, 0.1) is 0 Å². The quantitative estimate of drug-likeness (QED) is 0.730. The zero-order valence-corrected chi connectivity index (χ0v) is 16.3. The van der Waals surface area contributed by atoms with E-state index in [1.165, 1.54) is 0 Å². The molecule has 0 aromatic carbocycles. The van der Waals surface area contributed by atoms with Gasteiger partial charge >= 0.3 is 0 Å². The van der Waals surface area contributed by atoms with Gasteiger partial charge in [-0.05, 0) is 37.8 Å². The molecule has 8 nitrogen and oxygen atoms in total. The highest BCUT2D eigenvalue weighted by Gasteiger charge is 2.27. The Hall–Kier alpha value is -2.71. The summed E-state index contributed by atoms with van der Waals surface area (Å²) in [4.78, 5) is 24.1. The first-order chi connectivity index (χ1) is 14.2. The lowest BCUT2D eigenvalue weighted by Crippen LogP contribution is -2.42. The monoisotopic (exact) mass is 395 g/mol. The SMILES string of the molecule is O=C(c1nc(-c2cn(C[C@H]3CCCO3)cn2)n2ccccc12)N1CCC[C@@H](O)C1. The number of β-amino-alcohol motifs (C(OH)–C–C–N with tert-alkyl or cyclic N) is 1. The van der Waals surface area contributed by atoms with E-state index in [0.29, 0.717) is 24.6 Å². The van der Waals surface area contributed by atoms with Crippen LogP contribution in [0.2, 0.25) is 0 Å². The fraction of sp³-hybridized carbons (Fsp3) is 0.476. The standard InChI is InChI=1S/C21H25N5O3/c27-15-5-3-8-25(11-15)21(28)19-18-7-1-2-9-26(18)20(23-19)17-13-24(14-22-17)12-16-6-4-10-29-16/h1-2,7,9,13-16,27H,3-6,8,10-12H2/t15-,16-/m1/s1. The van der Waals surface area contributed by atoms with Gasteiger partial charge in [-0.15, -0.1) is 0 Å². The number of aliphatic hydroxyl groups is 1. The van der Waals surface area contributed by atoms with Crippen molar-refractivity contribution in [1.82, 2.24) is 23.8 Å². The number of carbonyl (C=O) groups is 1. The number of ether oxygens (including phenoxy) is 1. The molecule has 1 amide bonds. The summed E-state index contributed by atoms with van der Waals surface area (Å²) in [5.41, 5.74) is 1.88. The summed E-state index contributed by atoms with van der Waals surface area (Å²) in [6.45, 7) is 2.60. The van der Waals surface area contributed by atoms with Crippen molar-refractivity contribution in [3.8, 4) is 11.5 Å². The Bertz CT molecular complexity index is 1020. The minimum atomic E-state index is -0.463. The van der Waals surface area contributed by atoms with Crippen molar-refractivity contribution in [3.63, 3.8) is 0 Å². The van der Waals surface area contributed by atoms with Gasteiger partial charge in [0.1, 0.15) is 5.69 Å². The number of carbonyl (C=O) groups excluding carboxylic acids is 1. The van der Waals surface area contributed by atoms with Crippen LogP contribution in [0.4, 0.5) is 0 Å². The smallest absolute Gasteiger partial charge is 0.274 e. The number of nitrogens with zero attached hydrogens (tertiary/aromatic N) is 5. The van der Waals surface area contributed by atoms with Crippen LogP contribution in [0.5, 0.6) is 0 Å². The summed E-state index contributed by atoms with van der Waals surface area (Å²) in [5, 5.41) is 9.95. The lowest BCUT2D eigenvalue weighted by Gasteiger charge is -2.29. The average molecular weight is 395 g/mol. The van der Waals surface area contributed by atoms with Crippen LogP contribution in [-0.4, -0.2) is 66.8 Å². The highest BCUT2D eigenvalue weighted by Crippen LogP contribution is 2.24. The predicted octanol–water partition coefficient (Wildman–Crippen LogP) is 1.97. The Balaban J connectivity index is 1.47. The van der Waals surface area contributed by atoms with Gasteiger partial charge in [0.2, 0.25) is 0 Å². The van der Waals surface area contributed by atoms with Crippen LogP contribution in [0.1, 0.15) is 36.2 Å². The Morgan fingerprint density at radius 2 is 2.21 bits per heavy atom. The van der Waals surface area contributed by atoms with Gasteiger partial charge < -0.3 is 19.3 Å². The molecule has 0 unspecified atom stereocenters. The Morgan fingerprint density at radius 3 is 3.03 bits per heavy atom. The van der Waals surface area contributed by atoms with Crippen molar-refractivity contribution >= 4 is 11.4 Å². The van der Waals surface area contributed by atoms with Crippen molar-refractivity contribution in [3.05, 3.63) is 42.6 Å². The molecule has 3 aromatic heterocycles.